The van der Waals surface area contributed by atoms with Crippen molar-refractivity contribution in [2.24, 2.45) is 0 Å². The Morgan fingerprint density at radius 2 is 1.92 bits per heavy atom. The first-order valence-electron chi connectivity index (χ1n) is 3.94. The van der Waals surface area contributed by atoms with Crippen molar-refractivity contribution in [2.45, 2.75) is 11.5 Å². The fraction of sp³-hybridized carbons (Fsp3) is 0.200. The third-order valence-corrected chi connectivity index (χ3v) is 4.18. The molecule has 0 spiro atoms. The minimum atomic E-state index is 0.681. The molecule has 0 bridgehead atoms. The second kappa shape index (κ2) is 3.58. The molecule has 0 saturated carbocycles. The molecule has 0 amide bonds. The van der Waals surface area contributed by atoms with Crippen molar-refractivity contribution in [3.05, 3.63) is 41.3 Å². The lowest BCUT2D eigenvalue weighted by Gasteiger charge is -2.01. The number of rotatable bonds is 1. The van der Waals surface area contributed by atoms with Crippen LogP contribution >= 0.6 is 23.5 Å². The van der Waals surface area contributed by atoms with E-state index in [1.54, 1.807) is 0 Å². The smallest absolute Gasteiger partial charge is 0.0563 e. The summed E-state index contributed by atoms with van der Waals surface area (Å²) in [6.07, 6.45) is 0. The molecule has 1 unspecified atom stereocenters. The fourth-order valence-corrected chi connectivity index (χ4v) is 3.30. The summed E-state index contributed by atoms with van der Waals surface area (Å²) in [6.45, 7) is 2.24. The zero-order valence-corrected chi connectivity index (χ0v) is 8.49. The molecule has 0 aromatic heterocycles. The minimum absolute atomic E-state index is 0.681. The van der Waals surface area contributed by atoms with Gasteiger partial charge in [0, 0.05) is 4.91 Å². The Kier molecular flexibility index (Phi) is 2.47. The lowest BCUT2D eigenvalue weighted by atomic mass is 10.2. The molecule has 1 aromatic rings. The molecule has 1 aromatic carbocycles. The summed E-state index contributed by atoms with van der Waals surface area (Å²) in [5, 5.41) is 2.25. The monoisotopic (exact) mass is 194 g/mol. The van der Waals surface area contributed by atoms with Crippen molar-refractivity contribution >= 4 is 28.4 Å². The summed E-state index contributed by atoms with van der Waals surface area (Å²) in [6, 6.07) is 10.6. The van der Waals surface area contributed by atoms with Crippen molar-refractivity contribution < 1.29 is 0 Å². The summed E-state index contributed by atoms with van der Waals surface area (Å²) in [4.78, 5) is 1.41. The van der Waals surface area contributed by atoms with E-state index in [4.69, 9.17) is 0 Å². The maximum atomic E-state index is 2.25. The van der Waals surface area contributed by atoms with Crippen LogP contribution in [0.5, 0.6) is 0 Å². The Balaban J connectivity index is 2.22. The van der Waals surface area contributed by atoms with Gasteiger partial charge >= 0.3 is 0 Å². The van der Waals surface area contributed by atoms with Crippen molar-refractivity contribution in [2.75, 3.05) is 0 Å². The molecule has 0 saturated heterocycles. The fourth-order valence-electron chi connectivity index (χ4n) is 1.13. The second-order valence-electron chi connectivity index (χ2n) is 2.67. The van der Waals surface area contributed by atoms with Crippen LogP contribution in [-0.4, -0.2) is 4.58 Å². The number of benzene rings is 1. The van der Waals surface area contributed by atoms with Gasteiger partial charge in [0.25, 0.3) is 0 Å². The van der Waals surface area contributed by atoms with Gasteiger partial charge < -0.3 is 0 Å². The van der Waals surface area contributed by atoms with E-state index in [1.165, 1.54) is 10.5 Å². The predicted molar refractivity (Wildman–Crippen MR) is 59.1 cm³/mol. The van der Waals surface area contributed by atoms with E-state index in [1.807, 2.05) is 23.5 Å². The summed E-state index contributed by atoms with van der Waals surface area (Å²) in [5.41, 5.74) is 1.35. The highest BCUT2D eigenvalue weighted by atomic mass is 32.2. The molecule has 0 radical (unpaired) electrons. The summed E-state index contributed by atoms with van der Waals surface area (Å²) >= 11 is 3.84. The van der Waals surface area contributed by atoms with Gasteiger partial charge in [0.1, 0.15) is 0 Å². The van der Waals surface area contributed by atoms with E-state index in [9.17, 15) is 0 Å². The second-order valence-corrected chi connectivity index (χ2v) is 5.57. The van der Waals surface area contributed by atoms with Gasteiger partial charge in [-0.25, -0.2) is 0 Å². The molecule has 0 nitrogen and oxygen atoms in total. The molecule has 1 aliphatic heterocycles. The van der Waals surface area contributed by atoms with Gasteiger partial charge in [0.05, 0.1) is 4.58 Å². The third kappa shape index (κ3) is 1.70. The highest BCUT2D eigenvalue weighted by molar-refractivity contribution is 8.26. The van der Waals surface area contributed by atoms with E-state index in [0.29, 0.717) is 4.58 Å². The Labute approximate surface area is 81.4 Å². The quantitative estimate of drug-likeness (QED) is 0.666. The van der Waals surface area contributed by atoms with Crippen LogP contribution in [0.3, 0.4) is 0 Å². The van der Waals surface area contributed by atoms with Gasteiger partial charge in [-0.1, -0.05) is 30.3 Å². The number of hydrogen-bond donors (Lipinski definition) is 0. The number of thioether (sulfide) groups is 2. The molecule has 62 valence electrons. The van der Waals surface area contributed by atoms with Crippen LogP contribution in [0.25, 0.3) is 4.91 Å². The largest absolute Gasteiger partial charge is 0.118 e. The van der Waals surface area contributed by atoms with Crippen LogP contribution in [0.4, 0.5) is 0 Å². The Hall–Kier alpha value is -0.340. The maximum absolute atomic E-state index is 2.25. The highest BCUT2D eigenvalue weighted by Gasteiger charge is 2.14. The average Bonchev–Trinajstić information content (AvgIpc) is 2.54. The molecule has 1 aliphatic rings. The Bertz CT molecular complexity index is 290. The maximum Gasteiger partial charge on any atom is 0.0563 e. The van der Waals surface area contributed by atoms with Crippen LogP contribution < -0.4 is 0 Å². The van der Waals surface area contributed by atoms with Crippen LogP contribution in [0.2, 0.25) is 0 Å². The normalized spacial score (nSPS) is 22.4. The van der Waals surface area contributed by atoms with Gasteiger partial charge in [-0.05, 0) is 17.9 Å². The molecule has 1 heterocycles. The van der Waals surface area contributed by atoms with Crippen molar-refractivity contribution in [3.8, 4) is 0 Å². The SMILES string of the molecule is CC1SC=C(c2ccccc2)S1. The van der Waals surface area contributed by atoms with Gasteiger partial charge in [-0.3, -0.25) is 0 Å². The van der Waals surface area contributed by atoms with Crippen molar-refractivity contribution in [3.63, 3.8) is 0 Å². The van der Waals surface area contributed by atoms with Crippen LogP contribution in [0, 0.1) is 0 Å². The zero-order valence-electron chi connectivity index (χ0n) is 6.86. The van der Waals surface area contributed by atoms with Gasteiger partial charge in [-0.15, -0.1) is 23.5 Å². The third-order valence-electron chi connectivity index (χ3n) is 1.72. The molecule has 2 heteroatoms. The first-order chi connectivity index (χ1) is 5.86. The van der Waals surface area contributed by atoms with E-state index in [2.05, 4.69) is 42.7 Å². The standard InChI is InChI=1S/C10H10S2/c1-8-11-7-10(12-8)9-5-3-2-4-6-9/h2-8H,1H3. The van der Waals surface area contributed by atoms with Gasteiger partial charge in [0.15, 0.2) is 0 Å². The van der Waals surface area contributed by atoms with E-state index >= 15 is 0 Å². The lowest BCUT2D eigenvalue weighted by molar-refractivity contribution is 1.44. The predicted octanol–water partition coefficient (Wildman–Crippen LogP) is 3.81. The zero-order chi connectivity index (χ0) is 8.39. The molecule has 0 aliphatic carbocycles. The summed E-state index contributed by atoms with van der Waals surface area (Å²) in [7, 11) is 0. The van der Waals surface area contributed by atoms with E-state index in [-0.39, 0.29) is 0 Å². The van der Waals surface area contributed by atoms with Crippen LogP contribution in [0.15, 0.2) is 35.7 Å². The van der Waals surface area contributed by atoms with Gasteiger partial charge in [0.2, 0.25) is 0 Å². The summed E-state index contributed by atoms with van der Waals surface area (Å²) < 4.78 is 0.681. The molecule has 0 N–H and O–H groups in total. The Morgan fingerprint density at radius 1 is 1.17 bits per heavy atom. The van der Waals surface area contributed by atoms with Crippen LogP contribution in [-0.2, 0) is 0 Å². The Morgan fingerprint density at radius 3 is 2.50 bits per heavy atom. The topological polar surface area (TPSA) is 0 Å². The van der Waals surface area contributed by atoms with E-state index in [0.717, 1.165) is 0 Å². The van der Waals surface area contributed by atoms with Gasteiger partial charge in [-0.2, -0.15) is 0 Å². The molecular weight excluding hydrogens is 184 g/mol. The van der Waals surface area contributed by atoms with Crippen molar-refractivity contribution in [1.82, 2.24) is 0 Å². The summed E-state index contributed by atoms with van der Waals surface area (Å²) in [5.74, 6) is 0. The number of hydrogen-bond acceptors (Lipinski definition) is 2. The van der Waals surface area contributed by atoms with E-state index < -0.39 is 0 Å². The first kappa shape index (κ1) is 8.27. The lowest BCUT2D eigenvalue weighted by Crippen LogP contribution is -1.80. The van der Waals surface area contributed by atoms with Crippen LogP contribution in [0.1, 0.15) is 12.5 Å². The molecule has 1 atom stereocenters. The average molecular weight is 194 g/mol. The molecule has 2 rings (SSSR count). The first-order valence-corrected chi connectivity index (χ1v) is 5.76. The highest BCUT2D eigenvalue weighted by Crippen LogP contribution is 2.44. The molecular formula is C10H10S2. The minimum Gasteiger partial charge on any atom is -0.118 e. The van der Waals surface area contributed by atoms with Crippen molar-refractivity contribution in [1.29, 1.82) is 0 Å². The molecule has 0 fully saturated rings. The molecule has 12 heavy (non-hydrogen) atoms.